The number of nitrogens with zero attached hydrogens (tertiary/aromatic N) is 10. The minimum Gasteiger partial charge on any atom is -0.382 e. The summed E-state index contributed by atoms with van der Waals surface area (Å²) in [6.45, 7) is 10.4. The second kappa shape index (κ2) is 33.2. The van der Waals surface area contributed by atoms with Gasteiger partial charge in [-0.15, -0.1) is 0 Å². The zero-order valence-corrected chi connectivity index (χ0v) is 53.9. The van der Waals surface area contributed by atoms with Crippen molar-refractivity contribution in [1.29, 1.82) is 5.26 Å². The molecule has 1 fully saturated rings. The highest BCUT2D eigenvalue weighted by Crippen LogP contribution is 2.27. The van der Waals surface area contributed by atoms with E-state index in [1.807, 2.05) is 134 Å². The van der Waals surface area contributed by atoms with Crippen molar-refractivity contribution in [3.05, 3.63) is 300 Å². The third kappa shape index (κ3) is 18.4. The van der Waals surface area contributed by atoms with E-state index in [1.165, 1.54) is 18.3 Å². The van der Waals surface area contributed by atoms with Crippen LogP contribution in [0.1, 0.15) is 81.6 Å². The van der Waals surface area contributed by atoms with Gasteiger partial charge in [0.1, 0.15) is 22.9 Å². The summed E-state index contributed by atoms with van der Waals surface area (Å²) in [5.41, 5.74) is 19.4. The van der Waals surface area contributed by atoms with Crippen LogP contribution in [-0.4, -0.2) is 89.8 Å². The SMILES string of the molecule is Cc1ccccc1-c1cnc(N)c(C(=O)Nc2ccccc2)n1.Cc1ncc(-c2cccc(C#N)c2)nc1C(=O)Nc1ccccc1.Cc1ncc(-c2cccc(F)c2)nc1C(=O)Nc1ccccc1.Cc1ncc(-c2cccc(N3CCOCC3)c2)nc1C(=O)Nc1ccccc1.[HH].[HH].[HH].[HH].[HH].[HH].[HH].[HH]. The van der Waals surface area contributed by atoms with E-state index in [-0.39, 0.29) is 63.8 Å². The molecule has 502 valence electrons. The minimum absolute atomic E-state index is 0. The number of hydrogen-bond acceptors (Lipinski definition) is 16. The first kappa shape index (κ1) is 67.8. The molecule has 98 heavy (non-hydrogen) atoms. The fraction of sp³-hybridized carbons (Fsp3) is 0.104. The Labute approximate surface area is 577 Å². The second-order valence-electron chi connectivity index (χ2n) is 22.0. The fourth-order valence-corrected chi connectivity index (χ4v) is 9.89. The van der Waals surface area contributed by atoms with Crippen LogP contribution in [0.3, 0.4) is 0 Å². The Morgan fingerprint density at radius 1 is 0.449 bits per heavy atom. The van der Waals surface area contributed by atoms with E-state index in [1.54, 1.807) is 106 Å². The monoisotopic (exact) mass is 1320 g/mol. The number of morpholine rings is 1. The van der Waals surface area contributed by atoms with Crippen LogP contribution in [-0.2, 0) is 4.74 Å². The Kier molecular flexibility index (Phi) is 23.0. The summed E-state index contributed by atoms with van der Waals surface area (Å²) in [5.74, 6) is -1.56. The zero-order valence-electron chi connectivity index (χ0n) is 53.9. The molecule has 4 amide bonds. The molecule has 1 saturated heterocycles. The molecule has 8 aromatic carbocycles. The molecule has 0 bridgehead atoms. The number of nitrogens with one attached hydrogen (secondary N) is 4. The molecule has 1 aliphatic rings. The van der Waals surface area contributed by atoms with Gasteiger partial charge >= 0.3 is 0 Å². The average Bonchev–Trinajstić information content (AvgIpc) is 0.818. The highest BCUT2D eigenvalue weighted by Gasteiger charge is 2.20. The van der Waals surface area contributed by atoms with Crippen LogP contribution in [0.15, 0.2) is 243 Å². The van der Waals surface area contributed by atoms with Crippen LogP contribution in [0.2, 0.25) is 0 Å². The van der Waals surface area contributed by atoms with E-state index in [0.29, 0.717) is 73.7 Å². The Morgan fingerprint density at radius 3 is 1.27 bits per heavy atom. The molecule has 0 aliphatic carbocycles. The molecule has 5 heterocycles. The Hall–Kier alpha value is -13.1. The normalized spacial score (nSPS) is 11.3. The van der Waals surface area contributed by atoms with Gasteiger partial charge in [0.2, 0.25) is 0 Å². The van der Waals surface area contributed by atoms with E-state index in [4.69, 9.17) is 15.7 Å². The number of aromatic nitrogens is 8. The number of halogens is 1. The van der Waals surface area contributed by atoms with Gasteiger partial charge in [-0.25, -0.2) is 29.3 Å². The standard InChI is InChI=1S/C22H22N4O2.C19H14N4O.C18H14FN3O.C18H16N4O.8H2/c1-16-21(22(27)24-18-7-3-2-4-8-18)25-20(15-23-16)17-6-5-9-19(14-17)26-10-12-28-13-11-26;1-13-18(19(24)22-16-8-3-2-4-9-16)23-17(12-21-13)15-7-5-6-14(10-15)11-20;1-12-17(18(23)21-15-8-3-2-4-9-15)22-16(11-20-12)13-6-5-7-14(19)10-13;1-12-7-5-6-10-14(12)15-11-20-17(19)16(22-15)18(23)21-13-8-3-2-4-9-13;;;;;;;;/h2-9,14-15H,10-13H2,1H3,(H,24,27);2-10,12H,1H3,(H,22,24);2-11H,1H3,(H,21,23);2-11H,1H3,(H2,19,20)(H,21,23);8*1H. The molecule has 0 atom stereocenters. The van der Waals surface area contributed by atoms with Gasteiger partial charge in [-0.05, 0) is 118 Å². The van der Waals surface area contributed by atoms with Crippen molar-refractivity contribution in [1.82, 2.24) is 39.9 Å². The summed E-state index contributed by atoms with van der Waals surface area (Å²) in [4.78, 5) is 87.0. The number of anilines is 6. The molecular formula is C77H82FN15O5. The van der Waals surface area contributed by atoms with Gasteiger partial charge in [0.05, 0.1) is 89.5 Å². The summed E-state index contributed by atoms with van der Waals surface area (Å²) in [6.07, 6.45) is 6.43. The van der Waals surface area contributed by atoms with Crippen molar-refractivity contribution >= 4 is 57.9 Å². The predicted octanol–water partition coefficient (Wildman–Crippen LogP) is 16.2. The third-order valence-corrected chi connectivity index (χ3v) is 15.0. The van der Waals surface area contributed by atoms with Crippen LogP contribution < -0.4 is 31.9 Å². The molecule has 4 aromatic heterocycles. The van der Waals surface area contributed by atoms with E-state index in [9.17, 15) is 23.6 Å². The maximum Gasteiger partial charge on any atom is 0.278 e. The number of nitrogen functional groups attached to an aromatic ring is 1. The highest BCUT2D eigenvalue weighted by molar-refractivity contribution is 6.07. The maximum atomic E-state index is 13.4. The van der Waals surface area contributed by atoms with Gasteiger partial charge in [0.15, 0.2) is 11.5 Å². The van der Waals surface area contributed by atoms with Gasteiger partial charge in [-0.2, -0.15) is 5.26 Å². The molecule has 21 heteroatoms. The van der Waals surface area contributed by atoms with Crippen molar-refractivity contribution in [3.8, 4) is 51.1 Å². The number of nitrogens with two attached hydrogens (primary N) is 1. The second-order valence-corrected chi connectivity index (χ2v) is 22.0. The number of hydrogen-bond donors (Lipinski definition) is 5. The van der Waals surface area contributed by atoms with Gasteiger partial charge in [-0.3, -0.25) is 34.1 Å². The third-order valence-electron chi connectivity index (χ3n) is 15.0. The summed E-state index contributed by atoms with van der Waals surface area (Å²) in [7, 11) is 0. The molecule has 13 rings (SSSR count). The van der Waals surface area contributed by atoms with Crippen molar-refractivity contribution in [2.45, 2.75) is 27.7 Å². The zero-order chi connectivity index (χ0) is 68.8. The number of nitriles is 1. The van der Waals surface area contributed by atoms with Gasteiger partial charge in [-0.1, -0.05) is 133 Å². The quantitative estimate of drug-likeness (QED) is 0.0717. The summed E-state index contributed by atoms with van der Waals surface area (Å²) < 4.78 is 18.8. The summed E-state index contributed by atoms with van der Waals surface area (Å²) in [5, 5.41) is 20.2. The summed E-state index contributed by atoms with van der Waals surface area (Å²) >= 11 is 0. The van der Waals surface area contributed by atoms with E-state index in [2.05, 4.69) is 84.2 Å². The Balaban J connectivity index is 0.000000470. The lowest BCUT2D eigenvalue weighted by atomic mass is 10.1. The Morgan fingerprint density at radius 2 is 0.827 bits per heavy atom. The number of aryl methyl sites for hydroxylation is 4. The van der Waals surface area contributed by atoms with Gasteiger partial charge in [0, 0.05) is 75.2 Å². The highest BCUT2D eigenvalue weighted by atomic mass is 19.1. The first-order chi connectivity index (χ1) is 47.7. The fourth-order valence-electron chi connectivity index (χ4n) is 9.89. The largest absolute Gasteiger partial charge is 0.382 e. The van der Waals surface area contributed by atoms with Gasteiger partial charge < -0.3 is 36.6 Å². The van der Waals surface area contributed by atoms with Crippen LogP contribution in [0.5, 0.6) is 0 Å². The molecule has 0 saturated carbocycles. The molecule has 6 N–H and O–H groups in total. The summed E-state index contributed by atoms with van der Waals surface area (Å²) in [6, 6.07) is 67.9. The molecule has 1 aliphatic heterocycles. The molecule has 0 radical (unpaired) electrons. The Bertz CT molecular complexity index is 4850. The minimum atomic E-state index is -0.378. The molecular weight excluding hydrogens is 1230 g/mol. The van der Waals surface area contributed by atoms with Crippen LogP contribution in [0.25, 0.3) is 45.0 Å². The first-order valence-electron chi connectivity index (χ1n) is 31.0. The maximum absolute atomic E-state index is 13.4. The van der Waals surface area contributed by atoms with Gasteiger partial charge in [0.25, 0.3) is 23.6 Å². The topological polar surface area (TPSA) is 282 Å². The number of benzene rings is 8. The van der Waals surface area contributed by atoms with Crippen molar-refractivity contribution in [3.63, 3.8) is 0 Å². The van der Waals surface area contributed by atoms with E-state index in [0.717, 1.165) is 59.9 Å². The number of carbonyl (C=O) groups excluding carboxylic acids is 4. The number of carbonyl (C=O) groups is 4. The predicted molar refractivity (Wildman–Crippen MR) is 395 cm³/mol. The van der Waals surface area contributed by atoms with Crippen molar-refractivity contribution in [2.24, 2.45) is 0 Å². The molecule has 12 aromatic rings. The first-order valence-corrected chi connectivity index (χ1v) is 31.0. The van der Waals surface area contributed by atoms with Crippen molar-refractivity contribution in [2.75, 3.05) is 58.2 Å². The van der Waals surface area contributed by atoms with E-state index >= 15 is 0 Å². The average molecular weight is 1320 g/mol. The number of rotatable bonds is 13. The number of ether oxygens (including phenoxy) is 1. The lowest BCUT2D eigenvalue weighted by molar-refractivity contribution is 0.101. The lowest BCUT2D eigenvalue weighted by Crippen LogP contribution is -2.36. The number of amides is 4. The van der Waals surface area contributed by atoms with Crippen LogP contribution in [0, 0.1) is 44.8 Å². The smallest absolute Gasteiger partial charge is 0.278 e. The van der Waals surface area contributed by atoms with Crippen LogP contribution in [0.4, 0.5) is 38.6 Å². The van der Waals surface area contributed by atoms with E-state index < -0.39 is 0 Å². The lowest BCUT2D eigenvalue weighted by Gasteiger charge is -2.29. The van der Waals surface area contributed by atoms with Crippen LogP contribution >= 0.6 is 0 Å². The number of para-hydroxylation sites is 4. The molecule has 0 unspecified atom stereocenters. The van der Waals surface area contributed by atoms with Crippen molar-refractivity contribution < 1.29 is 39.7 Å². The molecule has 20 nitrogen and oxygen atoms in total. The molecule has 0 spiro atoms.